The second-order valence-electron chi connectivity index (χ2n) is 7.95. The minimum absolute atomic E-state index is 0.0712. The number of carbonyl (C=O) groups is 2. The molecule has 0 amide bonds. The maximum Gasteiger partial charge on any atom is 0.340 e. The van der Waals surface area contributed by atoms with Crippen molar-refractivity contribution >= 4 is 22.7 Å². The summed E-state index contributed by atoms with van der Waals surface area (Å²) >= 11 is 0. The van der Waals surface area contributed by atoms with Gasteiger partial charge in [0.2, 0.25) is 0 Å². The maximum absolute atomic E-state index is 13.6. The average molecular weight is 456 g/mol. The van der Waals surface area contributed by atoms with E-state index in [-0.39, 0.29) is 17.7 Å². The van der Waals surface area contributed by atoms with Crippen molar-refractivity contribution in [2.45, 2.75) is 18.4 Å². The molecule has 0 aliphatic rings. The van der Waals surface area contributed by atoms with Crippen LogP contribution in [0.1, 0.15) is 21.5 Å². The van der Waals surface area contributed by atoms with Gasteiger partial charge in [-0.05, 0) is 47.9 Å². The fourth-order valence-electron chi connectivity index (χ4n) is 3.86. The smallest absolute Gasteiger partial charge is 0.340 e. The minimum atomic E-state index is -2.01. The van der Waals surface area contributed by atoms with Crippen LogP contribution in [0.25, 0.3) is 10.9 Å². The molecule has 2 heterocycles. The number of H-pyrrole nitrogens is 1. The molecule has 172 valence electrons. The number of Topliss-reactive ketones (excluding diaryl/α,β-unsaturated/α-hetero) is 1. The molecule has 2 aromatic heterocycles. The average Bonchev–Trinajstić information content (AvgIpc) is 3.27. The van der Waals surface area contributed by atoms with Gasteiger partial charge in [-0.3, -0.25) is 9.78 Å². The summed E-state index contributed by atoms with van der Waals surface area (Å²) in [5.74, 6) is -0.943. The summed E-state index contributed by atoms with van der Waals surface area (Å²) in [5, 5.41) is 0.870. The Kier molecular flexibility index (Phi) is 6.56. The number of nitrogens with one attached hydrogen (secondary N) is 1. The molecule has 0 spiro atoms. The highest BCUT2D eigenvalue weighted by molar-refractivity contribution is 6.17. The van der Waals surface area contributed by atoms with E-state index in [1.54, 1.807) is 42.7 Å². The van der Waals surface area contributed by atoms with Crippen LogP contribution < -0.4 is 15.2 Å². The highest BCUT2D eigenvalue weighted by Gasteiger charge is 2.45. The first-order valence-electron chi connectivity index (χ1n) is 10.7. The summed E-state index contributed by atoms with van der Waals surface area (Å²) in [6, 6.07) is 16.0. The standard InChI is InChI=1S/C27H25N3O4/c1-3-7-18-11-12-23(33-2)24(14-18)34-26(32)27(28,25(31)19-8-6-13-29-16-19)15-20-17-30-22-10-5-4-9-21(20)22/h3-6,8-14,16-17,30H,1,7,15,28H2,2H3. The van der Waals surface area contributed by atoms with Crippen LogP contribution in [-0.2, 0) is 17.6 Å². The summed E-state index contributed by atoms with van der Waals surface area (Å²) in [6.07, 6.45) is 6.93. The predicted octanol–water partition coefficient (Wildman–Crippen LogP) is 4.03. The molecule has 0 radical (unpaired) electrons. The van der Waals surface area contributed by atoms with E-state index in [1.807, 2.05) is 30.3 Å². The van der Waals surface area contributed by atoms with Gasteiger partial charge in [0.05, 0.1) is 7.11 Å². The zero-order chi connectivity index (χ0) is 24.1. The molecule has 34 heavy (non-hydrogen) atoms. The summed E-state index contributed by atoms with van der Waals surface area (Å²) in [5.41, 5.74) is 7.29. The number of nitrogens with zero attached hydrogens (tertiary/aromatic N) is 1. The van der Waals surface area contributed by atoms with Crippen molar-refractivity contribution in [3.05, 3.63) is 103 Å². The van der Waals surface area contributed by atoms with Crippen molar-refractivity contribution in [2.24, 2.45) is 5.73 Å². The second-order valence-corrected chi connectivity index (χ2v) is 7.95. The molecule has 2 aromatic carbocycles. The van der Waals surface area contributed by atoms with Gasteiger partial charge >= 0.3 is 5.97 Å². The lowest BCUT2D eigenvalue weighted by Gasteiger charge is -2.26. The molecule has 4 rings (SSSR count). The van der Waals surface area contributed by atoms with Crippen LogP contribution in [0.3, 0.4) is 0 Å². The van der Waals surface area contributed by atoms with E-state index in [0.29, 0.717) is 12.2 Å². The van der Waals surface area contributed by atoms with Crippen molar-refractivity contribution in [3.8, 4) is 11.5 Å². The summed E-state index contributed by atoms with van der Waals surface area (Å²) < 4.78 is 11.1. The number of methoxy groups -OCH3 is 1. The van der Waals surface area contributed by atoms with E-state index in [0.717, 1.165) is 22.0 Å². The van der Waals surface area contributed by atoms with Gasteiger partial charge in [-0.1, -0.05) is 30.3 Å². The second kappa shape index (κ2) is 9.72. The Balaban J connectivity index is 1.75. The number of rotatable bonds is 9. The van der Waals surface area contributed by atoms with Crippen molar-refractivity contribution in [3.63, 3.8) is 0 Å². The van der Waals surface area contributed by atoms with Crippen molar-refractivity contribution in [1.82, 2.24) is 9.97 Å². The number of ketones is 1. The number of fused-ring (bicyclic) bond motifs is 1. The van der Waals surface area contributed by atoms with Gasteiger partial charge in [0, 0.05) is 41.5 Å². The topological polar surface area (TPSA) is 107 Å². The molecule has 0 fully saturated rings. The third kappa shape index (κ3) is 4.46. The van der Waals surface area contributed by atoms with Crippen LogP contribution in [0, 0.1) is 0 Å². The Labute approximate surface area is 197 Å². The molecule has 0 saturated carbocycles. The van der Waals surface area contributed by atoms with Crippen LogP contribution in [0.5, 0.6) is 11.5 Å². The SMILES string of the molecule is C=CCc1ccc(OC)c(OC(=O)C(N)(Cc2c[nH]c3ccccc23)C(=O)c2cccnc2)c1. The van der Waals surface area contributed by atoms with Gasteiger partial charge in [-0.15, -0.1) is 6.58 Å². The molecule has 3 N–H and O–H groups in total. The van der Waals surface area contributed by atoms with E-state index >= 15 is 0 Å². The number of esters is 1. The zero-order valence-electron chi connectivity index (χ0n) is 18.8. The van der Waals surface area contributed by atoms with E-state index in [4.69, 9.17) is 15.2 Å². The van der Waals surface area contributed by atoms with Gasteiger partial charge in [0.25, 0.3) is 0 Å². The quantitative estimate of drug-likeness (QED) is 0.130. The molecule has 1 atom stereocenters. The maximum atomic E-state index is 13.6. The summed E-state index contributed by atoms with van der Waals surface area (Å²) in [7, 11) is 1.47. The van der Waals surface area contributed by atoms with E-state index in [1.165, 1.54) is 13.3 Å². The lowest BCUT2D eigenvalue weighted by molar-refractivity contribution is -0.138. The van der Waals surface area contributed by atoms with Gasteiger partial charge < -0.3 is 20.2 Å². The molecular weight excluding hydrogens is 430 g/mol. The lowest BCUT2D eigenvalue weighted by Crippen LogP contribution is -2.58. The molecule has 1 unspecified atom stereocenters. The Bertz CT molecular complexity index is 1350. The number of aromatic nitrogens is 2. The first-order chi connectivity index (χ1) is 16.5. The number of carbonyl (C=O) groups excluding carboxylic acids is 2. The number of nitrogens with two attached hydrogens (primary N) is 1. The normalized spacial score (nSPS) is 12.6. The van der Waals surface area contributed by atoms with E-state index < -0.39 is 17.3 Å². The first kappa shape index (κ1) is 22.9. The largest absolute Gasteiger partial charge is 0.493 e. The molecular formula is C27H25N3O4. The summed E-state index contributed by atoms with van der Waals surface area (Å²) in [4.78, 5) is 34.3. The molecule has 7 nitrogen and oxygen atoms in total. The molecule has 7 heteroatoms. The van der Waals surface area contributed by atoms with Crippen LogP contribution in [0.4, 0.5) is 0 Å². The first-order valence-corrected chi connectivity index (χ1v) is 10.7. The van der Waals surface area contributed by atoms with Gasteiger partial charge in [-0.25, -0.2) is 4.79 Å². The molecule has 0 aliphatic carbocycles. The highest BCUT2D eigenvalue weighted by Crippen LogP contribution is 2.31. The lowest BCUT2D eigenvalue weighted by atomic mass is 9.84. The number of pyridine rings is 1. The Morgan fingerprint density at radius 3 is 2.71 bits per heavy atom. The zero-order valence-corrected chi connectivity index (χ0v) is 18.8. The molecule has 0 saturated heterocycles. The number of hydrogen-bond donors (Lipinski definition) is 2. The molecule has 0 aliphatic heterocycles. The minimum Gasteiger partial charge on any atom is -0.493 e. The third-order valence-corrected chi connectivity index (χ3v) is 5.65. The number of aromatic amines is 1. The van der Waals surface area contributed by atoms with E-state index in [9.17, 15) is 9.59 Å². The van der Waals surface area contributed by atoms with Gasteiger partial charge in [0.1, 0.15) is 0 Å². The number of ether oxygens (including phenoxy) is 2. The molecule has 4 aromatic rings. The monoisotopic (exact) mass is 455 g/mol. The summed E-state index contributed by atoms with van der Waals surface area (Å²) in [6.45, 7) is 3.74. The fraction of sp³-hybridized carbons (Fsp3) is 0.148. The van der Waals surface area contributed by atoms with E-state index in [2.05, 4.69) is 16.5 Å². The Morgan fingerprint density at radius 1 is 1.15 bits per heavy atom. The van der Waals surface area contributed by atoms with Crippen LogP contribution in [0.2, 0.25) is 0 Å². The van der Waals surface area contributed by atoms with Gasteiger partial charge in [0.15, 0.2) is 22.8 Å². The van der Waals surface area contributed by atoms with Gasteiger partial charge in [-0.2, -0.15) is 0 Å². The number of benzene rings is 2. The van der Waals surface area contributed by atoms with Crippen LogP contribution in [0.15, 0.2) is 85.8 Å². The van der Waals surface area contributed by atoms with Crippen molar-refractivity contribution in [2.75, 3.05) is 7.11 Å². The Hall–Kier alpha value is -4.23. The van der Waals surface area contributed by atoms with Crippen molar-refractivity contribution < 1.29 is 19.1 Å². The number of allylic oxidation sites excluding steroid dienone is 1. The fourth-order valence-corrected chi connectivity index (χ4v) is 3.86. The van der Waals surface area contributed by atoms with Crippen LogP contribution in [-0.4, -0.2) is 34.4 Å². The highest BCUT2D eigenvalue weighted by atomic mass is 16.6. The molecule has 0 bridgehead atoms. The predicted molar refractivity (Wildman–Crippen MR) is 130 cm³/mol. The van der Waals surface area contributed by atoms with Crippen molar-refractivity contribution in [1.29, 1.82) is 0 Å². The van der Waals surface area contributed by atoms with Crippen LogP contribution >= 0.6 is 0 Å². The number of hydrogen-bond acceptors (Lipinski definition) is 6. The Morgan fingerprint density at radius 2 is 1.97 bits per heavy atom. The number of para-hydroxylation sites is 1. The third-order valence-electron chi connectivity index (χ3n) is 5.65.